The smallest absolute Gasteiger partial charge is 0.151 e. The van der Waals surface area contributed by atoms with Crippen LogP contribution in [0.4, 0.5) is 5.82 Å². The van der Waals surface area contributed by atoms with E-state index in [1.807, 2.05) is 6.07 Å². The number of anilines is 1. The Morgan fingerprint density at radius 3 is 2.79 bits per heavy atom. The molecule has 3 rings (SSSR count). The number of ether oxygens (including phenoxy) is 1. The fraction of sp³-hybridized carbons (Fsp3) is 0.375. The van der Waals surface area contributed by atoms with E-state index in [4.69, 9.17) is 4.74 Å². The van der Waals surface area contributed by atoms with Crippen molar-refractivity contribution in [2.24, 2.45) is 5.41 Å². The number of hydrazine groups is 1. The van der Waals surface area contributed by atoms with Crippen LogP contribution in [-0.2, 0) is 4.79 Å². The molecule has 1 aliphatic rings. The van der Waals surface area contributed by atoms with Crippen molar-refractivity contribution in [1.29, 1.82) is 0 Å². The quantitative estimate of drug-likeness (QED) is 0.832. The summed E-state index contributed by atoms with van der Waals surface area (Å²) in [7, 11) is 0. The van der Waals surface area contributed by atoms with Crippen molar-refractivity contribution in [2.45, 2.75) is 26.8 Å². The van der Waals surface area contributed by atoms with Gasteiger partial charge in [-0.2, -0.15) is 0 Å². The topological polar surface area (TPSA) is 85.2 Å². The molecule has 0 saturated heterocycles. The second-order valence-corrected chi connectivity index (χ2v) is 6.70. The third-order valence-electron chi connectivity index (χ3n) is 3.39. The molecule has 1 atom stereocenters. The fourth-order valence-corrected chi connectivity index (χ4v) is 2.22. The van der Waals surface area contributed by atoms with Gasteiger partial charge in [-0.25, -0.2) is 9.67 Å². The molecule has 0 bridgehead atoms. The minimum atomic E-state index is -0.541. The standard InChI is InChI=1S/C16H20N6O2/c1-16(2,3)11-24-12-4-5-15(17-8-12)22-14(10-23)13(9-19-22)21-7-6-18-20-21/h4-10,14,19H,11H2,1-3H3. The van der Waals surface area contributed by atoms with Crippen molar-refractivity contribution in [2.75, 3.05) is 11.6 Å². The molecule has 1 aliphatic heterocycles. The maximum absolute atomic E-state index is 11.5. The van der Waals surface area contributed by atoms with Gasteiger partial charge in [-0.3, -0.25) is 5.01 Å². The van der Waals surface area contributed by atoms with E-state index < -0.39 is 6.04 Å². The van der Waals surface area contributed by atoms with Crippen LogP contribution >= 0.6 is 0 Å². The number of hydrogen-bond acceptors (Lipinski definition) is 7. The van der Waals surface area contributed by atoms with Gasteiger partial charge in [-0.15, -0.1) is 5.10 Å². The van der Waals surface area contributed by atoms with Crippen molar-refractivity contribution < 1.29 is 9.53 Å². The van der Waals surface area contributed by atoms with E-state index in [0.29, 0.717) is 23.9 Å². The van der Waals surface area contributed by atoms with Gasteiger partial charge in [-0.05, 0) is 17.5 Å². The zero-order valence-electron chi connectivity index (χ0n) is 13.9. The van der Waals surface area contributed by atoms with Crippen LogP contribution in [0.5, 0.6) is 5.75 Å². The first kappa shape index (κ1) is 16.0. The molecule has 1 unspecified atom stereocenters. The lowest BCUT2D eigenvalue weighted by Crippen LogP contribution is -2.40. The zero-order valence-corrected chi connectivity index (χ0v) is 13.9. The first-order valence-corrected chi connectivity index (χ1v) is 7.64. The predicted octanol–water partition coefficient (Wildman–Crippen LogP) is 1.49. The molecular weight excluding hydrogens is 308 g/mol. The molecule has 0 amide bonds. The number of carbonyl (C=O) groups is 1. The molecular formula is C16H20N6O2. The summed E-state index contributed by atoms with van der Waals surface area (Å²) < 4.78 is 7.26. The highest BCUT2D eigenvalue weighted by Gasteiger charge is 2.30. The summed E-state index contributed by atoms with van der Waals surface area (Å²) >= 11 is 0. The van der Waals surface area contributed by atoms with Gasteiger partial charge in [0.25, 0.3) is 0 Å². The van der Waals surface area contributed by atoms with Crippen LogP contribution in [0.3, 0.4) is 0 Å². The maximum atomic E-state index is 11.5. The summed E-state index contributed by atoms with van der Waals surface area (Å²) in [5.74, 6) is 1.31. The second kappa shape index (κ2) is 6.31. The molecule has 0 aromatic carbocycles. The lowest BCUT2D eigenvalue weighted by atomic mass is 9.99. The molecule has 0 fully saturated rings. The summed E-state index contributed by atoms with van der Waals surface area (Å²) in [6.07, 6.45) is 7.44. The summed E-state index contributed by atoms with van der Waals surface area (Å²) in [6, 6.07) is 3.10. The van der Waals surface area contributed by atoms with Gasteiger partial charge < -0.3 is 15.0 Å². The van der Waals surface area contributed by atoms with Gasteiger partial charge in [0.15, 0.2) is 12.3 Å². The molecule has 2 aromatic rings. The minimum absolute atomic E-state index is 0.0778. The summed E-state index contributed by atoms with van der Waals surface area (Å²) in [6.45, 7) is 6.92. The molecule has 0 spiro atoms. The Hall–Kier alpha value is -2.90. The highest BCUT2D eigenvalue weighted by molar-refractivity contribution is 5.82. The molecule has 1 N–H and O–H groups in total. The first-order valence-electron chi connectivity index (χ1n) is 7.64. The van der Waals surface area contributed by atoms with Crippen LogP contribution in [-0.4, -0.2) is 38.9 Å². The van der Waals surface area contributed by atoms with E-state index in [1.54, 1.807) is 40.5 Å². The maximum Gasteiger partial charge on any atom is 0.151 e. The lowest BCUT2D eigenvalue weighted by Gasteiger charge is -2.23. The van der Waals surface area contributed by atoms with Gasteiger partial charge >= 0.3 is 0 Å². The average Bonchev–Trinajstić information content (AvgIpc) is 3.21. The van der Waals surface area contributed by atoms with E-state index in [2.05, 4.69) is 41.5 Å². The van der Waals surface area contributed by atoms with Crippen LogP contribution in [0.1, 0.15) is 20.8 Å². The third-order valence-corrected chi connectivity index (χ3v) is 3.39. The molecule has 2 aromatic heterocycles. The molecule has 8 heteroatoms. The van der Waals surface area contributed by atoms with Gasteiger partial charge in [-0.1, -0.05) is 26.0 Å². The number of aromatic nitrogens is 4. The molecule has 126 valence electrons. The van der Waals surface area contributed by atoms with E-state index in [1.165, 1.54) is 0 Å². The van der Waals surface area contributed by atoms with Crippen LogP contribution < -0.4 is 15.2 Å². The zero-order chi connectivity index (χ0) is 17.2. The number of nitrogens with one attached hydrogen (secondary N) is 1. The number of carbonyl (C=O) groups excluding carboxylic acids is 1. The van der Waals surface area contributed by atoms with E-state index in [-0.39, 0.29) is 5.41 Å². The van der Waals surface area contributed by atoms with Gasteiger partial charge in [0.2, 0.25) is 0 Å². The molecule has 8 nitrogen and oxygen atoms in total. The number of hydrogen-bond donors (Lipinski definition) is 1. The van der Waals surface area contributed by atoms with Crippen molar-refractivity contribution in [1.82, 2.24) is 25.4 Å². The van der Waals surface area contributed by atoms with Crippen LogP contribution in [0.25, 0.3) is 5.70 Å². The summed E-state index contributed by atoms with van der Waals surface area (Å²) in [4.78, 5) is 15.9. The van der Waals surface area contributed by atoms with Gasteiger partial charge in [0.05, 0.1) is 30.9 Å². The van der Waals surface area contributed by atoms with E-state index >= 15 is 0 Å². The largest absolute Gasteiger partial charge is 0.491 e. The van der Waals surface area contributed by atoms with Crippen LogP contribution in [0.2, 0.25) is 0 Å². The van der Waals surface area contributed by atoms with Crippen LogP contribution in [0, 0.1) is 5.41 Å². The Morgan fingerprint density at radius 1 is 1.38 bits per heavy atom. The number of aldehydes is 1. The summed E-state index contributed by atoms with van der Waals surface area (Å²) in [5, 5.41) is 9.35. The van der Waals surface area contributed by atoms with Crippen molar-refractivity contribution >= 4 is 17.8 Å². The van der Waals surface area contributed by atoms with Gasteiger partial charge in [0, 0.05) is 6.20 Å². The van der Waals surface area contributed by atoms with Crippen molar-refractivity contribution in [3.63, 3.8) is 0 Å². The van der Waals surface area contributed by atoms with E-state index in [0.717, 1.165) is 6.29 Å². The number of pyridine rings is 1. The van der Waals surface area contributed by atoms with Gasteiger partial charge in [0.1, 0.15) is 11.6 Å². The third kappa shape index (κ3) is 3.37. The predicted molar refractivity (Wildman–Crippen MR) is 88.9 cm³/mol. The SMILES string of the molecule is CC(C)(C)COc1ccc(N2NC=C(n3ccnn3)C2C=O)nc1. The minimum Gasteiger partial charge on any atom is -0.491 e. The second-order valence-electron chi connectivity index (χ2n) is 6.70. The highest BCUT2D eigenvalue weighted by Crippen LogP contribution is 2.24. The Balaban J connectivity index is 1.72. The highest BCUT2D eigenvalue weighted by atomic mass is 16.5. The Morgan fingerprint density at radius 2 is 2.21 bits per heavy atom. The first-order chi connectivity index (χ1) is 11.5. The average molecular weight is 328 g/mol. The number of nitrogens with zero attached hydrogens (tertiary/aromatic N) is 5. The number of rotatable bonds is 5. The fourth-order valence-electron chi connectivity index (χ4n) is 2.22. The molecule has 0 aliphatic carbocycles. The Kier molecular flexibility index (Phi) is 4.20. The molecule has 0 saturated carbocycles. The Labute approximate surface area is 140 Å². The lowest BCUT2D eigenvalue weighted by molar-refractivity contribution is -0.108. The molecule has 3 heterocycles. The van der Waals surface area contributed by atoms with Crippen molar-refractivity contribution in [3.8, 4) is 5.75 Å². The van der Waals surface area contributed by atoms with E-state index in [9.17, 15) is 4.79 Å². The van der Waals surface area contributed by atoms with Crippen molar-refractivity contribution in [3.05, 3.63) is 36.9 Å². The van der Waals surface area contributed by atoms with Crippen LogP contribution in [0.15, 0.2) is 36.9 Å². The normalized spacial score (nSPS) is 17.4. The molecule has 24 heavy (non-hydrogen) atoms. The monoisotopic (exact) mass is 328 g/mol. The summed E-state index contributed by atoms with van der Waals surface area (Å²) in [5.41, 5.74) is 3.79. The Bertz CT molecular complexity index is 718. The molecule has 0 radical (unpaired) electrons.